The number of hydrogen-bond donors (Lipinski definition) is 1. The van der Waals surface area contributed by atoms with Crippen LogP contribution in [0.2, 0.25) is 36.3 Å². The quantitative estimate of drug-likeness (QED) is 0.658. The summed E-state index contributed by atoms with van der Waals surface area (Å²) in [5, 5.41) is 0.318. The van der Waals surface area contributed by atoms with Crippen LogP contribution in [0.1, 0.15) is 47.1 Å². The lowest BCUT2D eigenvalue weighted by Crippen LogP contribution is -2.44. The van der Waals surface area contributed by atoms with Gasteiger partial charge in [0.15, 0.2) is 0 Å². The Bertz CT molecular complexity index is 523. The largest absolute Gasteiger partial charge is 0.543 e. The van der Waals surface area contributed by atoms with E-state index in [2.05, 4.69) is 79.9 Å². The molecule has 0 aliphatic carbocycles. The van der Waals surface area contributed by atoms with Crippen molar-refractivity contribution in [3.63, 3.8) is 0 Å². The van der Waals surface area contributed by atoms with Gasteiger partial charge in [-0.3, -0.25) is 0 Å². The first-order valence-electron chi connectivity index (χ1n) is 8.81. The molecule has 1 aromatic rings. The molecule has 2 N–H and O–H groups in total. The van der Waals surface area contributed by atoms with E-state index < -0.39 is 16.6 Å². The van der Waals surface area contributed by atoms with Gasteiger partial charge in [0.2, 0.25) is 16.6 Å². The molecule has 0 fully saturated rings. The van der Waals surface area contributed by atoms with E-state index in [0.29, 0.717) is 6.54 Å². The summed E-state index contributed by atoms with van der Waals surface area (Å²) >= 11 is 0. The molecule has 5 heteroatoms. The van der Waals surface area contributed by atoms with E-state index in [1.54, 1.807) is 0 Å². The highest BCUT2D eigenvalue weighted by Gasteiger charge is 2.40. The van der Waals surface area contributed by atoms with Gasteiger partial charge in [0.1, 0.15) is 11.5 Å². The summed E-state index contributed by atoms with van der Waals surface area (Å²) < 4.78 is 12.9. The summed E-state index contributed by atoms with van der Waals surface area (Å²) in [6.07, 6.45) is 0. The lowest BCUT2D eigenvalue weighted by molar-refractivity contribution is 0.473. The Morgan fingerprint density at radius 3 is 1.33 bits per heavy atom. The smallest absolute Gasteiger partial charge is 0.250 e. The predicted octanol–water partition coefficient (Wildman–Crippen LogP) is 5.91. The first-order chi connectivity index (χ1) is 10.6. The molecule has 0 bridgehead atoms. The standard InChI is InChI=1S/C19H37NO2Si2/c1-18(2,3)23(7,8)21-16-11-15(14-20)12-17(13-16)22-24(9,10)19(4,5)6/h11-13H,14,20H2,1-10H3. The minimum atomic E-state index is -1.88. The van der Waals surface area contributed by atoms with Crippen molar-refractivity contribution in [2.75, 3.05) is 0 Å². The predicted molar refractivity (Wildman–Crippen MR) is 110 cm³/mol. The first-order valence-corrected chi connectivity index (χ1v) is 14.6. The lowest BCUT2D eigenvalue weighted by atomic mass is 10.2. The third-order valence-electron chi connectivity index (χ3n) is 5.53. The Morgan fingerprint density at radius 2 is 1.08 bits per heavy atom. The number of hydrogen-bond acceptors (Lipinski definition) is 3. The van der Waals surface area contributed by atoms with E-state index in [0.717, 1.165) is 17.1 Å². The van der Waals surface area contributed by atoms with Gasteiger partial charge in [-0.25, -0.2) is 0 Å². The molecule has 0 aliphatic heterocycles. The van der Waals surface area contributed by atoms with Crippen LogP contribution in [0.25, 0.3) is 0 Å². The highest BCUT2D eigenvalue weighted by Crippen LogP contribution is 2.40. The van der Waals surface area contributed by atoms with Gasteiger partial charge in [-0.2, -0.15) is 0 Å². The van der Waals surface area contributed by atoms with Crippen LogP contribution in [-0.2, 0) is 6.54 Å². The van der Waals surface area contributed by atoms with Crippen LogP contribution >= 0.6 is 0 Å². The fourth-order valence-corrected chi connectivity index (χ4v) is 3.79. The molecule has 1 aromatic carbocycles. The van der Waals surface area contributed by atoms with Gasteiger partial charge < -0.3 is 14.6 Å². The maximum absolute atomic E-state index is 6.47. The van der Waals surface area contributed by atoms with Crippen LogP contribution in [0.15, 0.2) is 18.2 Å². The molecule has 1 rings (SSSR count). The van der Waals surface area contributed by atoms with E-state index in [9.17, 15) is 0 Å². The van der Waals surface area contributed by atoms with E-state index in [-0.39, 0.29) is 10.1 Å². The van der Waals surface area contributed by atoms with Crippen molar-refractivity contribution in [1.29, 1.82) is 0 Å². The molecule has 0 radical (unpaired) electrons. The average Bonchev–Trinajstić information content (AvgIpc) is 2.34. The van der Waals surface area contributed by atoms with Crippen molar-refractivity contribution in [3.8, 4) is 11.5 Å². The Morgan fingerprint density at radius 1 is 0.750 bits per heavy atom. The molecule has 0 saturated heterocycles. The van der Waals surface area contributed by atoms with Crippen LogP contribution in [0.3, 0.4) is 0 Å². The molecule has 0 spiro atoms. The highest BCUT2D eigenvalue weighted by molar-refractivity contribution is 6.75. The molecule has 3 nitrogen and oxygen atoms in total. The molecule has 0 aliphatic rings. The van der Waals surface area contributed by atoms with Crippen molar-refractivity contribution in [1.82, 2.24) is 0 Å². The van der Waals surface area contributed by atoms with Crippen LogP contribution in [0.4, 0.5) is 0 Å². The molecule has 0 amide bonds. The molecule has 24 heavy (non-hydrogen) atoms. The molecule has 0 atom stereocenters. The van der Waals surface area contributed by atoms with Gasteiger partial charge >= 0.3 is 0 Å². The van der Waals surface area contributed by atoms with Crippen molar-refractivity contribution < 1.29 is 8.85 Å². The Labute approximate surface area is 151 Å². The first kappa shape index (κ1) is 21.3. The highest BCUT2D eigenvalue weighted by atomic mass is 28.4. The molecule has 0 saturated carbocycles. The fraction of sp³-hybridized carbons (Fsp3) is 0.684. The SMILES string of the molecule is CC(C)(C)[Si](C)(C)Oc1cc(CN)cc(O[Si](C)(C)C(C)(C)C)c1. The van der Waals surface area contributed by atoms with Crippen LogP contribution in [0.5, 0.6) is 11.5 Å². The third-order valence-corrected chi connectivity index (χ3v) is 14.3. The molecule has 0 unspecified atom stereocenters. The summed E-state index contributed by atoms with van der Waals surface area (Å²) in [5.41, 5.74) is 6.95. The van der Waals surface area contributed by atoms with Crippen molar-refractivity contribution in [2.45, 2.75) is 84.4 Å². The van der Waals surface area contributed by atoms with Gasteiger partial charge in [-0.15, -0.1) is 0 Å². The average molecular weight is 368 g/mol. The number of nitrogens with two attached hydrogens (primary N) is 1. The maximum Gasteiger partial charge on any atom is 0.250 e. The molecular weight excluding hydrogens is 330 g/mol. The summed E-state index contributed by atoms with van der Waals surface area (Å²) in [6.45, 7) is 23.0. The van der Waals surface area contributed by atoms with E-state index >= 15 is 0 Å². The molecular formula is C19H37NO2Si2. The molecule has 138 valence electrons. The van der Waals surface area contributed by atoms with Crippen LogP contribution in [0, 0.1) is 0 Å². The third kappa shape index (κ3) is 5.10. The minimum absolute atomic E-state index is 0.159. The fourth-order valence-electron chi connectivity index (χ4n) is 1.76. The second kappa shape index (κ2) is 6.85. The van der Waals surface area contributed by atoms with Gasteiger partial charge in [0.05, 0.1) is 0 Å². The van der Waals surface area contributed by atoms with E-state index in [4.69, 9.17) is 14.6 Å². The summed E-state index contributed by atoms with van der Waals surface area (Å²) in [6, 6.07) is 6.15. The van der Waals surface area contributed by atoms with Crippen molar-refractivity contribution in [2.24, 2.45) is 5.73 Å². The van der Waals surface area contributed by atoms with Crippen LogP contribution < -0.4 is 14.6 Å². The normalized spacial score (nSPS) is 13.8. The second-order valence-corrected chi connectivity index (χ2v) is 19.2. The Kier molecular flexibility index (Phi) is 6.06. The molecule has 0 heterocycles. The number of benzene rings is 1. The van der Waals surface area contributed by atoms with Crippen molar-refractivity contribution >= 4 is 16.6 Å². The van der Waals surface area contributed by atoms with Gasteiger partial charge in [0.25, 0.3) is 0 Å². The maximum atomic E-state index is 6.47. The van der Waals surface area contributed by atoms with Crippen LogP contribution in [-0.4, -0.2) is 16.6 Å². The Hall–Kier alpha value is -0.786. The Balaban J connectivity index is 3.18. The van der Waals surface area contributed by atoms with Gasteiger partial charge in [-0.1, -0.05) is 41.5 Å². The summed E-state index contributed by atoms with van der Waals surface area (Å²) in [4.78, 5) is 0. The van der Waals surface area contributed by atoms with Crippen molar-refractivity contribution in [3.05, 3.63) is 23.8 Å². The second-order valence-electron chi connectivity index (χ2n) is 9.74. The summed E-state index contributed by atoms with van der Waals surface area (Å²) in [5.74, 6) is 1.77. The summed E-state index contributed by atoms with van der Waals surface area (Å²) in [7, 11) is -3.77. The zero-order valence-electron chi connectivity index (χ0n) is 17.3. The number of rotatable bonds is 5. The van der Waals surface area contributed by atoms with E-state index in [1.165, 1.54) is 0 Å². The molecule has 0 aromatic heterocycles. The lowest BCUT2D eigenvalue weighted by Gasteiger charge is -2.38. The zero-order valence-corrected chi connectivity index (χ0v) is 19.3. The van der Waals surface area contributed by atoms with Gasteiger partial charge in [0, 0.05) is 12.6 Å². The zero-order chi connectivity index (χ0) is 19.0. The van der Waals surface area contributed by atoms with Gasteiger partial charge in [-0.05, 0) is 54.0 Å². The minimum Gasteiger partial charge on any atom is -0.543 e. The topological polar surface area (TPSA) is 44.5 Å². The monoisotopic (exact) mass is 367 g/mol. The van der Waals surface area contributed by atoms with E-state index in [1.807, 2.05) is 6.07 Å².